The normalized spacial score (nSPS) is 19.9. The fourth-order valence-corrected chi connectivity index (χ4v) is 2.90. The molecule has 1 heterocycles. The smallest absolute Gasteiger partial charge is 0.225 e. The van der Waals surface area contributed by atoms with E-state index in [-0.39, 0.29) is 11.7 Å². The molecule has 1 saturated carbocycles. The van der Waals surface area contributed by atoms with E-state index in [1.807, 2.05) is 36.1 Å². The minimum atomic E-state index is 0.0842. The van der Waals surface area contributed by atoms with Gasteiger partial charge in [-0.2, -0.15) is 0 Å². The number of carbonyl (C=O) groups is 2. The van der Waals surface area contributed by atoms with E-state index in [1.165, 1.54) is 5.56 Å². The van der Waals surface area contributed by atoms with Crippen LogP contribution in [0.5, 0.6) is 0 Å². The minimum Gasteiger partial charge on any atom is -0.342 e. The first-order valence-corrected chi connectivity index (χ1v) is 7.55. The van der Waals surface area contributed by atoms with Crippen LogP contribution in [-0.2, 0) is 4.79 Å². The van der Waals surface area contributed by atoms with Gasteiger partial charge in [0, 0.05) is 30.5 Å². The number of amides is 1. The third kappa shape index (κ3) is 2.77. The van der Waals surface area contributed by atoms with Crippen molar-refractivity contribution in [3.05, 3.63) is 35.4 Å². The second-order valence-electron chi connectivity index (χ2n) is 6.10. The van der Waals surface area contributed by atoms with Gasteiger partial charge in [-0.1, -0.05) is 29.8 Å². The van der Waals surface area contributed by atoms with Gasteiger partial charge in [0.1, 0.15) is 0 Å². The zero-order valence-corrected chi connectivity index (χ0v) is 12.0. The summed E-state index contributed by atoms with van der Waals surface area (Å²) >= 11 is 0. The predicted molar refractivity (Wildman–Crippen MR) is 77.5 cm³/mol. The predicted octanol–water partition coefficient (Wildman–Crippen LogP) is 2.83. The van der Waals surface area contributed by atoms with E-state index in [9.17, 15) is 9.59 Å². The number of benzene rings is 1. The highest BCUT2D eigenvalue weighted by Gasteiger charge is 2.35. The highest BCUT2D eigenvalue weighted by atomic mass is 16.2. The van der Waals surface area contributed by atoms with E-state index in [0.29, 0.717) is 11.8 Å². The zero-order chi connectivity index (χ0) is 14.1. The van der Waals surface area contributed by atoms with Gasteiger partial charge in [-0.25, -0.2) is 0 Å². The standard InChI is InChI=1S/C17H21NO2/c1-12-2-4-13(5-3-12)16(19)14-8-10-18(11-9-14)17(20)15-6-7-15/h2-5,14-15H,6-11H2,1H3. The molecule has 0 aromatic heterocycles. The van der Waals surface area contributed by atoms with E-state index in [2.05, 4.69) is 0 Å². The molecular formula is C17H21NO2. The summed E-state index contributed by atoms with van der Waals surface area (Å²) in [6.07, 6.45) is 3.73. The Morgan fingerprint density at radius 3 is 2.10 bits per heavy atom. The van der Waals surface area contributed by atoms with Gasteiger partial charge in [-0.15, -0.1) is 0 Å². The average Bonchev–Trinajstić information content (AvgIpc) is 3.31. The molecule has 3 heteroatoms. The van der Waals surface area contributed by atoms with Crippen LogP contribution in [0.3, 0.4) is 0 Å². The van der Waals surface area contributed by atoms with Gasteiger partial charge in [-0.05, 0) is 32.6 Å². The number of aryl methyl sites for hydroxylation is 1. The minimum absolute atomic E-state index is 0.0842. The van der Waals surface area contributed by atoms with Gasteiger partial charge in [0.05, 0.1) is 0 Å². The maximum atomic E-state index is 12.4. The lowest BCUT2D eigenvalue weighted by molar-refractivity contribution is -0.133. The molecule has 0 bridgehead atoms. The van der Waals surface area contributed by atoms with Crippen LogP contribution in [-0.4, -0.2) is 29.7 Å². The molecule has 0 spiro atoms. The number of Topliss-reactive ketones (excluding diaryl/α,β-unsaturated/α-hetero) is 1. The fraction of sp³-hybridized carbons (Fsp3) is 0.529. The van der Waals surface area contributed by atoms with Crippen LogP contribution in [0.2, 0.25) is 0 Å². The molecule has 20 heavy (non-hydrogen) atoms. The van der Waals surface area contributed by atoms with Crippen LogP contribution in [0, 0.1) is 18.8 Å². The molecule has 0 unspecified atom stereocenters. The van der Waals surface area contributed by atoms with E-state index >= 15 is 0 Å². The van der Waals surface area contributed by atoms with Gasteiger partial charge in [-0.3, -0.25) is 9.59 Å². The topological polar surface area (TPSA) is 37.4 Å². The number of piperidine rings is 1. The molecule has 0 radical (unpaired) electrons. The largest absolute Gasteiger partial charge is 0.342 e. The second-order valence-corrected chi connectivity index (χ2v) is 6.10. The second kappa shape index (κ2) is 5.39. The number of likely N-dealkylation sites (tertiary alicyclic amines) is 1. The van der Waals surface area contributed by atoms with Crippen LogP contribution in [0.1, 0.15) is 41.6 Å². The van der Waals surface area contributed by atoms with Crippen molar-refractivity contribution in [3.63, 3.8) is 0 Å². The Hall–Kier alpha value is -1.64. The molecule has 2 fully saturated rings. The first-order chi connectivity index (χ1) is 9.65. The van der Waals surface area contributed by atoms with E-state index < -0.39 is 0 Å². The van der Waals surface area contributed by atoms with Crippen molar-refractivity contribution in [2.24, 2.45) is 11.8 Å². The van der Waals surface area contributed by atoms with Crippen LogP contribution < -0.4 is 0 Å². The van der Waals surface area contributed by atoms with Crippen LogP contribution in [0.25, 0.3) is 0 Å². The van der Waals surface area contributed by atoms with Gasteiger partial charge in [0.25, 0.3) is 0 Å². The van der Waals surface area contributed by atoms with Crippen molar-refractivity contribution < 1.29 is 9.59 Å². The summed E-state index contributed by atoms with van der Waals surface area (Å²) in [5, 5.41) is 0. The van der Waals surface area contributed by atoms with Crippen molar-refractivity contribution in [1.82, 2.24) is 4.90 Å². The van der Waals surface area contributed by atoms with E-state index in [4.69, 9.17) is 0 Å². The van der Waals surface area contributed by atoms with Crippen molar-refractivity contribution in [2.45, 2.75) is 32.6 Å². The number of rotatable bonds is 3. The molecular weight excluding hydrogens is 250 g/mol. The Bertz CT molecular complexity index is 508. The number of hydrogen-bond acceptors (Lipinski definition) is 2. The highest BCUT2D eigenvalue weighted by molar-refractivity contribution is 5.98. The Labute approximate surface area is 120 Å². The summed E-state index contributed by atoms with van der Waals surface area (Å²) < 4.78 is 0. The van der Waals surface area contributed by atoms with Gasteiger partial charge >= 0.3 is 0 Å². The molecule has 3 nitrogen and oxygen atoms in total. The van der Waals surface area contributed by atoms with Crippen LogP contribution in [0.4, 0.5) is 0 Å². The molecule has 1 aliphatic carbocycles. The summed E-state index contributed by atoms with van der Waals surface area (Å²) in [6.45, 7) is 3.52. The number of ketones is 1. The lowest BCUT2D eigenvalue weighted by Crippen LogP contribution is -2.41. The summed E-state index contributed by atoms with van der Waals surface area (Å²) in [6, 6.07) is 7.80. The molecule has 1 aromatic carbocycles. The third-order valence-corrected chi connectivity index (χ3v) is 4.44. The summed E-state index contributed by atoms with van der Waals surface area (Å²) in [7, 11) is 0. The molecule has 1 aliphatic heterocycles. The Balaban J connectivity index is 1.58. The molecule has 3 rings (SSSR count). The summed E-state index contributed by atoms with van der Waals surface area (Å²) in [5.41, 5.74) is 1.98. The van der Waals surface area contributed by atoms with E-state index in [1.54, 1.807) is 0 Å². The van der Waals surface area contributed by atoms with Crippen LogP contribution in [0.15, 0.2) is 24.3 Å². The van der Waals surface area contributed by atoms with Crippen molar-refractivity contribution in [3.8, 4) is 0 Å². The van der Waals surface area contributed by atoms with Gasteiger partial charge in [0.2, 0.25) is 5.91 Å². The fourth-order valence-electron chi connectivity index (χ4n) is 2.90. The lowest BCUT2D eigenvalue weighted by Gasteiger charge is -2.31. The molecule has 1 amide bonds. The van der Waals surface area contributed by atoms with Gasteiger partial charge in [0.15, 0.2) is 5.78 Å². The van der Waals surface area contributed by atoms with Crippen molar-refractivity contribution >= 4 is 11.7 Å². The maximum Gasteiger partial charge on any atom is 0.225 e. The molecule has 2 aliphatic rings. The summed E-state index contributed by atoms with van der Waals surface area (Å²) in [4.78, 5) is 26.4. The molecule has 1 aromatic rings. The SMILES string of the molecule is Cc1ccc(C(=O)C2CCN(C(=O)C3CC3)CC2)cc1. The third-order valence-electron chi connectivity index (χ3n) is 4.44. The Morgan fingerprint density at radius 2 is 1.55 bits per heavy atom. The molecule has 106 valence electrons. The first kappa shape index (κ1) is 13.3. The Kier molecular flexibility index (Phi) is 3.60. The molecule has 0 N–H and O–H groups in total. The quantitative estimate of drug-likeness (QED) is 0.793. The zero-order valence-electron chi connectivity index (χ0n) is 12.0. The Morgan fingerprint density at radius 1 is 0.950 bits per heavy atom. The number of hydrogen-bond donors (Lipinski definition) is 0. The van der Waals surface area contributed by atoms with E-state index in [0.717, 1.165) is 44.3 Å². The molecule has 1 saturated heterocycles. The molecule has 0 atom stereocenters. The summed E-state index contributed by atoms with van der Waals surface area (Å²) in [5.74, 6) is 0.926. The number of nitrogens with zero attached hydrogens (tertiary/aromatic N) is 1. The van der Waals surface area contributed by atoms with Crippen LogP contribution >= 0.6 is 0 Å². The highest BCUT2D eigenvalue weighted by Crippen LogP contribution is 2.32. The monoisotopic (exact) mass is 271 g/mol. The lowest BCUT2D eigenvalue weighted by atomic mass is 9.88. The maximum absolute atomic E-state index is 12.4. The first-order valence-electron chi connectivity index (χ1n) is 7.55. The number of carbonyl (C=O) groups excluding carboxylic acids is 2. The van der Waals surface area contributed by atoms with Gasteiger partial charge < -0.3 is 4.90 Å². The average molecular weight is 271 g/mol. The van der Waals surface area contributed by atoms with Crippen molar-refractivity contribution in [2.75, 3.05) is 13.1 Å². The van der Waals surface area contributed by atoms with Crippen molar-refractivity contribution in [1.29, 1.82) is 0 Å².